The highest BCUT2D eigenvalue weighted by molar-refractivity contribution is 8.76. The minimum absolute atomic E-state index is 0.263. The van der Waals surface area contributed by atoms with Crippen LogP contribution in [0.4, 0.5) is 5.69 Å². The summed E-state index contributed by atoms with van der Waals surface area (Å²) in [5.74, 6) is -0.683. The van der Waals surface area contributed by atoms with Crippen molar-refractivity contribution in [3.63, 3.8) is 0 Å². The minimum Gasteiger partial charge on any atom is -0.480 e. The van der Waals surface area contributed by atoms with E-state index in [1.807, 2.05) is 42.5 Å². The third-order valence-corrected chi connectivity index (χ3v) is 5.72. The Kier molecular flexibility index (Phi) is 6.92. The molecule has 0 fully saturated rings. The number of aliphatic carboxylic acids is 1. The number of carbonyl (C=O) groups excluding carboxylic acids is 1. The van der Waals surface area contributed by atoms with Gasteiger partial charge in [-0.25, -0.2) is 0 Å². The van der Waals surface area contributed by atoms with Crippen molar-refractivity contribution in [1.29, 1.82) is 0 Å². The maximum atomic E-state index is 12.1. The normalized spacial score (nSPS) is 13.4. The Labute approximate surface area is 147 Å². The number of carboxylic acid groups (broad SMARTS) is 1. The van der Waals surface area contributed by atoms with E-state index < -0.39 is 18.1 Å². The monoisotopic (exact) mass is 365 g/mol. The van der Waals surface area contributed by atoms with Crippen LogP contribution in [0.25, 0.3) is 10.8 Å². The lowest BCUT2D eigenvalue weighted by atomic mass is 10.1. The van der Waals surface area contributed by atoms with Gasteiger partial charge in [-0.1, -0.05) is 51.9 Å². The summed E-state index contributed by atoms with van der Waals surface area (Å²) < 4.78 is 0. The van der Waals surface area contributed by atoms with E-state index in [1.165, 1.54) is 21.6 Å². The molecule has 0 radical (unpaired) electrons. The Morgan fingerprint density at radius 3 is 2.29 bits per heavy atom. The van der Waals surface area contributed by atoms with Crippen molar-refractivity contribution in [2.75, 3.05) is 16.8 Å². The predicted octanol–water partition coefficient (Wildman–Crippen LogP) is 1.90. The van der Waals surface area contributed by atoms with Gasteiger partial charge in [-0.15, -0.1) is 0 Å². The van der Waals surface area contributed by atoms with Crippen LogP contribution < -0.4 is 16.8 Å². The van der Waals surface area contributed by atoms with Gasteiger partial charge in [-0.3, -0.25) is 9.59 Å². The quantitative estimate of drug-likeness (QED) is 0.417. The molecule has 128 valence electrons. The lowest BCUT2D eigenvalue weighted by Gasteiger charge is -2.12. The number of hydrogen-bond acceptors (Lipinski definition) is 6. The average Bonchev–Trinajstić information content (AvgIpc) is 2.58. The SMILES string of the molecule is NC(CSSC[C@H](N)C(=O)O)C(=O)Nc1ccc2ccccc2c1. The molecule has 0 aliphatic carbocycles. The molecule has 2 atom stereocenters. The van der Waals surface area contributed by atoms with E-state index in [0.29, 0.717) is 11.4 Å². The second kappa shape index (κ2) is 8.93. The lowest BCUT2D eigenvalue weighted by Crippen LogP contribution is -2.37. The molecule has 0 spiro atoms. The zero-order valence-electron chi connectivity index (χ0n) is 12.8. The smallest absolute Gasteiger partial charge is 0.321 e. The van der Waals surface area contributed by atoms with Gasteiger partial charge in [0.05, 0.1) is 6.04 Å². The number of fused-ring (bicyclic) bond motifs is 1. The van der Waals surface area contributed by atoms with Gasteiger partial charge in [0.25, 0.3) is 0 Å². The van der Waals surface area contributed by atoms with E-state index in [9.17, 15) is 9.59 Å². The predicted molar refractivity (Wildman–Crippen MR) is 101 cm³/mol. The van der Waals surface area contributed by atoms with Crippen LogP contribution in [0.3, 0.4) is 0 Å². The minimum atomic E-state index is -1.04. The first-order valence-corrected chi connectivity index (χ1v) is 9.74. The van der Waals surface area contributed by atoms with Gasteiger partial charge < -0.3 is 21.9 Å². The van der Waals surface area contributed by atoms with Crippen LogP contribution in [0, 0.1) is 0 Å². The summed E-state index contributed by atoms with van der Waals surface area (Å²) in [5, 5.41) is 13.6. The molecule has 0 saturated heterocycles. The Morgan fingerprint density at radius 2 is 1.62 bits per heavy atom. The second-order valence-corrected chi connectivity index (χ2v) is 7.72. The van der Waals surface area contributed by atoms with E-state index in [2.05, 4.69) is 5.32 Å². The van der Waals surface area contributed by atoms with Crippen molar-refractivity contribution in [2.45, 2.75) is 12.1 Å². The van der Waals surface area contributed by atoms with Crippen molar-refractivity contribution >= 4 is 49.9 Å². The molecule has 6 nitrogen and oxygen atoms in total. The van der Waals surface area contributed by atoms with Crippen LogP contribution in [0.5, 0.6) is 0 Å². The van der Waals surface area contributed by atoms with Crippen molar-refractivity contribution < 1.29 is 14.7 Å². The molecular formula is C16H19N3O3S2. The van der Waals surface area contributed by atoms with E-state index in [0.717, 1.165) is 10.8 Å². The largest absolute Gasteiger partial charge is 0.480 e. The Balaban J connectivity index is 1.81. The summed E-state index contributed by atoms with van der Waals surface area (Å²) in [6.45, 7) is 0. The fraction of sp³-hybridized carbons (Fsp3) is 0.250. The number of benzene rings is 2. The maximum Gasteiger partial charge on any atom is 0.321 e. The highest BCUT2D eigenvalue weighted by Gasteiger charge is 2.16. The van der Waals surface area contributed by atoms with Crippen molar-refractivity contribution in [3.05, 3.63) is 42.5 Å². The molecule has 2 aromatic carbocycles. The van der Waals surface area contributed by atoms with E-state index in [-0.39, 0.29) is 11.7 Å². The van der Waals surface area contributed by atoms with Gasteiger partial charge in [0, 0.05) is 17.2 Å². The van der Waals surface area contributed by atoms with E-state index in [1.54, 1.807) is 0 Å². The lowest BCUT2D eigenvalue weighted by molar-refractivity contribution is -0.137. The molecule has 2 rings (SSSR count). The molecule has 2 aromatic rings. The molecule has 1 unspecified atom stereocenters. The summed E-state index contributed by atoms with van der Waals surface area (Å²) in [7, 11) is 2.63. The molecule has 0 saturated carbocycles. The highest BCUT2D eigenvalue weighted by atomic mass is 33.1. The van der Waals surface area contributed by atoms with Crippen LogP contribution in [0.15, 0.2) is 42.5 Å². The van der Waals surface area contributed by atoms with E-state index in [4.69, 9.17) is 16.6 Å². The Bertz CT molecular complexity index is 727. The maximum absolute atomic E-state index is 12.1. The number of rotatable bonds is 8. The van der Waals surface area contributed by atoms with Crippen LogP contribution in [-0.2, 0) is 9.59 Å². The molecule has 0 heterocycles. The molecule has 0 bridgehead atoms. The van der Waals surface area contributed by atoms with Crippen LogP contribution >= 0.6 is 21.6 Å². The Morgan fingerprint density at radius 1 is 1.00 bits per heavy atom. The summed E-state index contributed by atoms with van der Waals surface area (Å²) in [6.07, 6.45) is 0. The Hall–Kier alpha value is -1.74. The number of nitrogens with one attached hydrogen (secondary N) is 1. The zero-order valence-corrected chi connectivity index (χ0v) is 14.5. The van der Waals surface area contributed by atoms with Crippen LogP contribution in [-0.4, -0.2) is 40.6 Å². The molecule has 1 amide bonds. The third-order valence-electron chi connectivity index (χ3n) is 3.25. The first kappa shape index (κ1) is 18.6. The summed E-state index contributed by atoms with van der Waals surface area (Å²) in [6, 6.07) is 11.9. The van der Waals surface area contributed by atoms with Gasteiger partial charge >= 0.3 is 5.97 Å². The molecule has 6 N–H and O–H groups in total. The highest BCUT2D eigenvalue weighted by Crippen LogP contribution is 2.23. The number of carboxylic acids is 1. The fourth-order valence-electron chi connectivity index (χ4n) is 1.89. The summed E-state index contributed by atoms with van der Waals surface area (Å²) in [5.41, 5.74) is 12.0. The van der Waals surface area contributed by atoms with Gasteiger partial charge in [0.1, 0.15) is 6.04 Å². The molecule has 24 heavy (non-hydrogen) atoms. The van der Waals surface area contributed by atoms with Gasteiger partial charge in [0.15, 0.2) is 0 Å². The molecular weight excluding hydrogens is 346 g/mol. The molecule has 0 aliphatic heterocycles. The molecule has 8 heteroatoms. The number of carbonyl (C=O) groups is 2. The standard InChI is InChI=1S/C16H19N3O3S2/c17-13(8-23-24-9-14(18)16(21)22)15(20)19-12-6-5-10-3-1-2-4-11(10)7-12/h1-7,13-14H,8-9,17-18H2,(H,19,20)(H,21,22)/t13?,14-/m0/s1. The number of anilines is 1. The van der Waals surface area contributed by atoms with Crippen LogP contribution in [0.2, 0.25) is 0 Å². The zero-order chi connectivity index (χ0) is 17.5. The third kappa shape index (κ3) is 5.41. The summed E-state index contributed by atoms with van der Waals surface area (Å²) in [4.78, 5) is 22.7. The first-order chi connectivity index (χ1) is 11.5. The fourth-order valence-corrected chi connectivity index (χ4v) is 4.13. The average molecular weight is 365 g/mol. The van der Waals surface area contributed by atoms with Crippen LogP contribution in [0.1, 0.15) is 0 Å². The van der Waals surface area contributed by atoms with E-state index >= 15 is 0 Å². The second-order valence-electron chi connectivity index (χ2n) is 5.17. The number of hydrogen-bond donors (Lipinski definition) is 4. The first-order valence-electron chi connectivity index (χ1n) is 7.25. The van der Waals surface area contributed by atoms with Crippen molar-refractivity contribution in [1.82, 2.24) is 0 Å². The number of amides is 1. The van der Waals surface area contributed by atoms with Gasteiger partial charge in [-0.2, -0.15) is 0 Å². The number of nitrogens with two attached hydrogens (primary N) is 2. The summed E-state index contributed by atoms with van der Waals surface area (Å²) >= 11 is 0. The molecule has 0 aliphatic rings. The van der Waals surface area contributed by atoms with Crippen molar-refractivity contribution in [3.8, 4) is 0 Å². The van der Waals surface area contributed by atoms with Gasteiger partial charge in [-0.05, 0) is 22.9 Å². The topological polar surface area (TPSA) is 118 Å². The molecule has 0 aromatic heterocycles. The van der Waals surface area contributed by atoms with Crippen molar-refractivity contribution in [2.24, 2.45) is 11.5 Å². The van der Waals surface area contributed by atoms with Gasteiger partial charge in [0.2, 0.25) is 5.91 Å².